The first kappa shape index (κ1) is 19.3. The lowest BCUT2D eigenvalue weighted by atomic mass is 9.92. The lowest BCUT2D eigenvalue weighted by molar-refractivity contribution is -0.140. The third-order valence-electron chi connectivity index (χ3n) is 4.63. The van der Waals surface area contributed by atoms with Gasteiger partial charge in [-0.3, -0.25) is 9.59 Å². The fraction of sp³-hybridized carbons (Fsp3) is 0.556. The summed E-state index contributed by atoms with van der Waals surface area (Å²) >= 11 is 0. The Bertz CT molecular complexity index is 605. The molecule has 1 amide bonds. The number of carboxylic acids is 1. The number of hydrogen-bond acceptors (Lipinski definition) is 2. The molecule has 0 saturated carbocycles. The molecule has 0 spiro atoms. The molecule has 4 nitrogen and oxygen atoms in total. The Kier molecular flexibility index (Phi) is 6.08. The molecule has 1 aromatic carbocycles. The number of alkyl halides is 3. The van der Waals surface area contributed by atoms with E-state index in [2.05, 4.69) is 0 Å². The van der Waals surface area contributed by atoms with Crippen molar-refractivity contribution in [1.29, 1.82) is 0 Å². The number of rotatable bonds is 5. The first-order valence-corrected chi connectivity index (χ1v) is 8.33. The molecule has 2 rings (SSSR count). The van der Waals surface area contributed by atoms with E-state index in [1.165, 1.54) is 12.1 Å². The molecule has 1 aliphatic heterocycles. The monoisotopic (exact) mass is 357 g/mol. The maximum absolute atomic E-state index is 12.6. The van der Waals surface area contributed by atoms with E-state index >= 15 is 0 Å². The number of carboxylic acid groups (broad SMARTS) is 1. The molecule has 7 heteroatoms. The highest BCUT2D eigenvalue weighted by Gasteiger charge is 2.30. The van der Waals surface area contributed by atoms with Gasteiger partial charge in [0.25, 0.3) is 0 Å². The number of hydrogen-bond donors (Lipinski definition) is 1. The second kappa shape index (κ2) is 7.89. The standard InChI is InChI=1S/C18H22F3NO3/c1-12(10-13-2-4-15(5-3-13)18(19,20)21)17(25)22-8-6-14(7-9-22)11-16(23)24/h2-5,12,14H,6-11H2,1H3,(H,23,24). The van der Waals surface area contributed by atoms with Crippen LogP contribution in [0.25, 0.3) is 0 Å². The highest BCUT2D eigenvalue weighted by Crippen LogP contribution is 2.29. The lowest BCUT2D eigenvalue weighted by Crippen LogP contribution is -2.42. The highest BCUT2D eigenvalue weighted by atomic mass is 19.4. The van der Waals surface area contributed by atoms with Crippen molar-refractivity contribution in [3.05, 3.63) is 35.4 Å². The molecule has 25 heavy (non-hydrogen) atoms. The van der Waals surface area contributed by atoms with Crippen LogP contribution in [-0.4, -0.2) is 35.0 Å². The lowest BCUT2D eigenvalue weighted by Gasteiger charge is -2.33. The molecule has 0 aliphatic carbocycles. The number of carbonyl (C=O) groups excluding carboxylic acids is 1. The summed E-state index contributed by atoms with van der Waals surface area (Å²) in [6.07, 6.45) is -2.51. The Hall–Kier alpha value is -2.05. The number of likely N-dealkylation sites (tertiary alicyclic amines) is 1. The van der Waals surface area contributed by atoms with Crippen LogP contribution in [0.15, 0.2) is 24.3 Å². The maximum atomic E-state index is 12.6. The van der Waals surface area contributed by atoms with Gasteiger partial charge in [0.1, 0.15) is 0 Å². The topological polar surface area (TPSA) is 57.6 Å². The maximum Gasteiger partial charge on any atom is 0.416 e. The number of halogens is 3. The van der Waals surface area contributed by atoms with E-state index in [1.807, 2.05) is 0 Å². The van der Waals surface area contributed by atoms with Gasteiger partial charge in [-0.2, -0.15) is 13.2 Å². The quantitative estimate of drug-likeness (QED) is 0.876. The zero-order valence-electron chi connectivity index (χ0n) is 14.1. The average Bonchev–Trinajstić information content (AvgIpc) is 2.54. The van der Waals surface area contributed by atoms with Crippen LogP contribution in [0.1, 0.15) is 37.3 Å². The van der Waals surface area contributed by atoms with Gasteiger partial charge in [0.15, 0.2) is 0 Å². The van der Waals surface area contributed by atoms with Crippen LogP contribution in [0.5, 0.6) is 0 Å². The summed E-state index contributed by atoms with van der Waals surface area (Å²) in [4.78, 5) is 24.9. The summed E-state index contributed by atoms with van der Waals surface area (Å²) in [6, 6.07) is 4.88. The van der Waals surface area contributed by atoms with Gasteiger partial charge in [0.05, 0.1) is 5.56 Å². The largest absolute Gasteiger partial charge is 0.481 e. The van der Waals surface area contributed by atoms with E-state index in [0.29, 0.717) is 37.9 Å². The van der Waals surface area contributed by atoms with Crippen molar-refractivity contribution in [3.8, 4) is 0 Å². The molecular formula is C18H22F3NO3. The van der Waals surface area contributed by atoms with Crippen molar-refractivity contribution in [1.82, 2.24) is 4.90 Å². The van der Waals surface area contributed by atoms with Gasteiger partial charge < -0.3 is 10.0 Å². The summed E-state index contributed by atoms with van der Waals surface area (Å²) in [5.74, 6) is -1.08. The molecule has 1 N–H and O–H groups in total. The Morgan fingerprint density at radius 2 is 1.76 bits per heavy atom. The zero-order chi connectivity index (χ0) is 18.6. The number of nitrogens with zero attached hydrogens (tertiary/aromatic N) is 1. The van der Waals surface area contributed by atoms with E-state index in [4.69, 9.17) is 5.11 Å². The summed E-state index contributed by atoms with van der Waals surface area (Å²) in [6.45, 7) is 2.84. The summed E-state index contributed by atoms with van der Waals surface area (Å²) in [7, 11) is 0. The first-order chi connectivity index (χ1) is 11.7. The van der Waals surface area contributed by atoms with Crippen LogP contribution in [0, 0.1) is 11.8 Å². The molecule has 0 bridgehead atoms. The van der Waals surface area contributed by atoms with E-state index in [0.717, 1.165) is 12.1 Å². The molecule has 0 radical (unpaired) electrons. The van der Waals surface area contributed by atoms with Gasteiger partial charge in [-0.25, -0.2) is 0 Å². The minimum Gasteiger partial charge on any atom is -0.481 e. The number of benzene rings is 1. The third kappa shape index (κ3) is 5.47. The van der Waals surface area contributed by atoms with Crippen LogP contribution in [0.4, 0.5) is 13.2 Å². The molecule has 1 heterocycles. The molecular weight excluding hydrogens is 335 g/mol. The molecule has 1 atom stereocenters. The highest BCUT2D eigenvalue weighted by molar-refractivity contribution is 5.79. The molecule has 0 aromatic heterocycles. The van der Waals surface area contributed by atoms with Crippen LogP contribution in [0.2, 0.25) is 0 Å². The Morgan fingerprint density at radius 1 is 1.20 bits per heavy atom. The van der Waals surface area contributed by atoms with Gasteiger partial charge in [0, 0.05) is 25.4 Å². The minimum absolute atomic E-state index is 0.0336. The normalized spacial score (nSPS) is 17.4. The average molecular weight is 357 g/mol. The minimum atomic E-state index is -4.36. The van der Waals surface area contributed by atoms with Crippen LogP contribution < -0.4 is 0 Å². The van der Waals surface area contributed by atoms with Gasteiger partial charge >= 0.3 is 12.1 Å². The molecule has 138 valence electrons. The van der Waals surface area contributed by atoms with Crippen LogP contribution in [-0.2, 0) is 22.2 Å². The van der Waals surface area contributed by atoms with E-state index < -0.39 is 17.7 Å². The molecule has 1 unspecified atom stereocenters. The molecule has 1 aromatic rings. The number of carbonyl (C=O) groups is 2. The van der Waals surface area contributed by atoms with Crippen molar-refractivity contribution in [2.45, 2.75) is 38.8 Å². The fourth-order valence-corrected chi connectivity index (χ4v) is 3.19. The Morgan fingerprint density at radius 3 is 2.24 bits per heavy atom. The van der Waals surface area contributed by atoms with Gasteiger partial charge in [-0.05, 0) is 42.9 Å². The summed E-state index contributed by atoms with van der Waals surface area (Å²) in [5.41, 5.74) is -0.00894. The fourth-order valence-electron chi connectivity index (χ4n) is 3.19. The van der Waals surface area contributed by atoms with E-state index in [1.54, 1.807) is 11.8 Å². The van der Waals surface area contributed by atoms with Gasteiger partial charge in [-0.1, -0.05) is 19.1 Å². The van der Waals surface area contributed by atoms with E-state index in [-0.39, 0.29) is 24.2 Å². The van der Waals surface area contributed by atoms with Gasteiger partial charge in [0.2, 0.25) is 5.91 Å². The number of piperidine rings is 1. The second-order valence-corrected chi connectivity index (χ2v) is 6.67. The summed E-state index contributed by atoms with van der Waals surface area (Å²) in [5, 5.41) is 8.81. The second-order valence-electron chi connectivity index (χ2n) is 6.67. The Balaban J connectivity index is 1.87. The predicted molar refractivity (Wildman–Crippen MR) is 85.9 cm³/mol. The zero-order valence-corrected chi connectivity index (χ0v) is 14.1. The smallest absolute Gasteiger partial charge is 0.416 e. The Labute approximate surface area is 144 Å². The van der Waals surface area contributed by atoms with Crippen LogP contribution in [0.3, 0.4) is 0 Å². The van der Waals surface area contributed by atoms with Crippen molar-refractivity contribution >= 4 is 11.9 Å². The summed E-state index contributed by atoms with van der Waals surface area (Å²) < 4.78 is 37.7. The molecule has 1 fully saturated rings. The molecule has 1 saturated heterocycles. The third-order valence-corrected chi connectivity index (χ3v) is 4.63. The first-order valence-electron chi connectivity index (χ1n) is 8.33. The predicted octanol–water partition coefficient (Wildman–Crippen LogP) is 3.60. The number of amides is 1. The van der Waals surface area contributed by atoms with Gasteiger partial charge in [-0.15, -0.1) is 0 Å². The van der Waals surface area contributed by atoms with Crippen molar-refractivity contribution < 1.29 is 27.9 Å². The van der Waals surface area contributed by atoms with E-state index in [9.17, 15) is 22.8 Å². The van der Waals surface area contributed by atoms with Crippen molar-refractivity contribution in [2.24, 2.45) is 11.8 Å². The SMILES string of the molecule is CC(Cc1ccc(C(F)(F)F)cc1)C(=O)N1CCC(CC(=O)O)CC1. The van der Waals surface area contributed by atoms with Crippen LogP contribution >= 0.6 is 0 Å². The number of aliphatic carboxylic acids is 1. The molecule has 1 aliphatic rings. The van der Waals surface area contributed by atoms with Crippen molar-refractivity contribution in [3.63, 3.8) is 0 Å². The van der Waals surface area contributed by atoms with Crippen molar-refractivity contribution in [2.75, 3.05) is 13.1 Å².